The number of hydrogen-bond acceptors (Lipinski definition) is 2. The Bertz CT molecular complexity index is 719. The molecule has 4 heteroatoms. The van der Waals surface area contributed by atoms with Gasteiger partial charge in [0.25, 0.3) is 10.1 Å². The smallest absolute Gasteiger partial charge is 0.282 e. The van der Waals surface area contributed by atoms with Crippen molar-refractivity contribution in [1.29, 1.82) is 0 Å². The predicted molar refractivity (Wildman–Crippen MR) is 94.7 cm³/mol. The van der Waals surface area contributed by atoms with Gasteiger partial charge in [-0.1, -0.05) is 47.5 Å². The molecule has 0 spiro atoms. The van der Waals surface area contributed by atoms with E-state index in [0.29, 0.717) is 5.39 Å². The lowest BCUT2D eigenvalue weighted by atomic mass is 10.1. The van der Waals surface area contributed by atoms with Crippen molar-refractivity contribution in [3.05, 3.63) is 66.8 Å². The summed E-state index contributed by atoms with van der Waals surface area (Å²) in [6.07, 6.45) is 0. The highest BCUT2D eigenvalue weighted by Gasteiger charge is 2.12. The van der Waals surface area contributed by atoms with Crippen LogP contribution in [0.5, 0.6) is 0 Å². The molecule has 0 aliphatic rings. The SMILES string of the molecule is C=C(C)C.C=C(C)C.O=S(=O)(O)c1cccc2ccccc12. The highest BCUT2D eigenvalue weighted by molar-refractivity contribution is 7.86. The van der Waals surface area contributed by atoms with Crippen molar-refractivity contribution in [2.24, 2.45) is 0 Å². The average molecular weight is 320 g/mol. The van der Waals surface area contributed by atoms with Crippen molar-refractivity contribution in [3.8, 4) is 0 Å². The summed E-state index contributed by atoms with van der Waals surface area (Å²) in [4.78, 5) is -0.0457. The molecule has 2 rings (SSSR count). The fraction of sp³-hybridized carbons (Fsp3) is 0.222. The van der Waals surface area contributed by atoms with E-state index in [2.05, 4.69) is 13.2 Å². The van der Waals surface area contributed by atoms with Gasteiger partial charge in [0.15, 0.2) is 0 Å². The maximum absolute atomic E-state index is 11.0. The van der Waals surface area contributed by atoms with Crippen molar-refractivity contribution in [2.45, 2.75) is 32.6 Å². The molecule has 3 nitrogen and oxygen atoms in total. The second-order valence-electron chi connectivity index (χ2n) is 5.37. The molecule has 22 heavy (non-hydrogen) atoms. The number of benzene rings is 2. The molecular formula is C18H24O3S. The molecule has 0 atom stereocenters. The molecule has 0 radical (unpaired) electrons. The summed E-state index contributed by atoms with van der Waals surface area (Å²) in [6, 6.07) is 11.8. The van der Waals surface area contributed by atoms with Gasteiger partial charge in [0.1, 0.15) is 4.90 Å². The van der Waals surface area contributed by atoms with Crippen LogP contribution in [-0.2, 0) is 10.1 Å². The van der Waals surface area contributed by atoms with E-state index in [1.165, 1.54) is 17.2 Å². The van der Waals surface area contributed by atoms with Gasteiger partial charge in [0.2, 0.25) is 0 Å². The van der Waals surface area contributed by atoms with Gasteiger partial charge in [-0.15, -0.1) is 13.2 Å². The zero-order valence-electron chi connectivity index (χ0n) is 13.6. The first-order chi connectivity index (χ1) is 10.1. The Hall–Kier alpha value is -1.91. The van der Waals surface area contributed by atoms with Crippen LogP contribution in [0.1, 0.15) is 27.7 Å². The second kappa shape index (κ2) is 9.18. The Balaban J connectivity index is 0.000000464. The molecule has 0 heterocycles. The van der Waals surface area contributed by atoms with Crippen molar-refractivity contribution in [1.82, 2.24) is 0 Å². The van der Waals surface area contributed by atoms with E-state index in [1.54, 1.807) is 30.3 Å². The summed E-state index contributed by atoms with van der Waals surface area (Å²) >= 11 is 0. The molecule has 0 aliphatic carbocycles. The van der Waals surface area contributed by atoms with Crippen LogP contribution in [0, 0.1) is 0 Å². The van der Waals surface area contributed by atoms with E-state index in [1.807, 2.05) is 33.8 Å². The lowest BCUT2D eigenvalue weighted by Gasteiger charge is -2.02. The second-order valence-corrected chi connectivity index (χ2v) is 6.76. The van der Waals surface area contributed by atoms with Gasteiger partial charge in [-0.3, -0.25) is 4.55 Å². The predicted octanol–water partition coefficient (Wildman–Crippen LogP) is 5.25. The summed E-state index contributed by atoms with van der Waals surface area (Å²) < 4.78 is 31.0. The van der Waals surface area contributed by atoms with Crippen LogP contribution in [0.2, 0.25) is 0 Å². The highest BCUT2D eigenvalue weighted by Crippen LogP contribution is 2.21. The Morgan fingerprint density at radius 1 is 0.864 bits per heavy atom. The number of hydrogen-bond donors (Lipinski definition) is 1. The molecule has 0 aliphatic heterocycles. The minimum Gasteiger partial charge on any atom is -0.282 e. The molecule has 0 saturated heterocycles. The first-order valence-electron chi connectivity index (χ1n) is 6.75. The van der Waals surface area contributed by atoms with E-state index < -0.39 is 10.1 Å². The van der Waals surface area contributed by atoms with Gasteiger partial charge < -0.3 is 0 Å². The molecule has 0 unspecified atom stereocenters. The van der Waals surface area contributed by atoms with Crippen LogP contribution in [0.3, 0.4) is 0 Å². The van der Waals surface area contributed by atoms with Crippen molar-refractivity contribution < 1.29 is 13.0 Å². The molecule has 2 aromatic rings. The fourth-order valence-electron chi connectivity index (χ4n) is 1.42. The third-order valence-corrected chi connectivity index (χ3v) is 2.94. The van der Waals surface area contributed by atoms with Gasteiger partial charge >= 0.3 is 0 Å². The van der Waals surface area contributed by atoms with Crippen LogP contribution in [0.25, 0.3) is 10.8 Å². The largest absolute Gasteiger partial charge is 0.295 e. The summed E-state index contributed by atoms with van der Waals surface area (Å²) in [7, 11) is -4.13. The maximum atomic E-state index is 11.0. The third kappa shape index (κ3) is 8.39. The van der Waals surface area contributed by atoms with Crippen LogP contribution in [0.4, 0.5) is 0 Å². The molecule has 120 valence electrons. The fourth-order valence-corrected chi connectivity index (χ4v) is 2.13. The number of rotatable bonds is 1. The summed E-state index contributed by atoms with van der Waals surface area (Å²) in [6.45, 7) is 15.0. The van der Waals surface area contributed by atoms with E-state index in [9.17, 15) is 8.42 Å². The molecule has 2 aromatic carbocycles. The lowest BCUT2D eigenvalue weighted by molar-refractivity contribution is 0.484. The molecule has 0 amide bonds. The lowest BCUT2D eigenvalue weighted by Crippen LogP contribution is -1.98. The summed E-state index contributed by atoms with van der Waals surface area (Å²) in [5.74, 6) is 0. The van der Waals surface area contributed by atoms with Crippen LogP contribution in [-0.4, -0.2) is 13.0 Å². The zero-order valence-corrected chi connectivity index (χ0v) is 14.4. The van der Waals surface area contributed by atoms with Crippen molar-refractivity contribution in [2.75, 3.05) is 0 Å². The van der Waals surface area contributed by atoms with Crippen LogP contribution >= 0.6 is 0 Å². The molecule has 0 bridgehead atoms. The van der Waals surface area contributed by atoms with Gasteiger partial charge in [0.05, 0.1) is 0 Å². The van der Waals surface area contributed by atoms with Gasteiger partial charge in [0, 0.05) is 5.39 Å². The molecule has 0 saturated carbocycles. The average Bonchev–Trinajstić information content (AvgIpc) is 2.35. The van der Waals surface area contributed by atoms with E-state index in [4.69, 9.17) is 4.55 Å². The van der Waals surface area contributed by atoms with Gasteiger partial charge in [-0.25, -0.2) is 0 Å². The summed E-state index contributed by atoms with van der Waals surface area (Å²) in [5, 5.41) is 1.33. The Kier molecular flexibility index (Phi) is 8.38. The summed E-state index contributed by atoms with van der Waals surface area (Å²) in [5.41, 5.74) is 2.33. The normalized spacial score (nSPS) is 9.86. The Morgan fingerprint density at radius 2 is 1.27 bits per heavy atom. The molecular weight excluding hydrogens is 296 g/mol. The Labute approximate surface area is 133 Å². The monoisotopic (exact) mass is 320 g/mol. The zero-order chi connectivity index (χ0) is 17.3. The van der Waals surface area contributed by atoms with E-state index in [0.717, 1.165) is 5.39 Å². The minimum atomic E-state index is -4.13. The van der Waals surface area contributed by atoms with Crippen LogP contribution in [0.15, 0.2) is 71.7 Å². The maximum Gasteiger partial charge on any atom is 0.295 e. The van der Waals surface area contributed by atoms with Gasteiger partial charge in [-0.05, 0) is 39.1 Å². The minimum absolute atomic E-state index is 0.0457. The van der Waals surface area contributed by atoms with E-state index in [-0.39, 0.29) is 4.90 Å². The highest BCUT2D eigenvalue weighted by atomic mass is 32.2. The van der Waals surface area contributed by atoms with Crippen molar-refractivity contribution >= 4 is 20.9 Å². The van der Waals surface area contributed by atoms with Crippen molar-refractivity contribution in [3.63, 3.8) is 0 Å². The first-order valence-corrected chi connectivity index (χ1v) is 8.19. The number of allylic oxidation sites excluding steroid dienone is 2. The van der Waals surface area contributed by atoms with Crippen LogP contribution < -0.4 is 0 Å². The molecule has 1 N–H and O–H groups in total. The third-order valence-electron chi connectivity index (χ3n) is 2.03. The number of fused-ring (bicyclic) bond motifs is 1. The first kappa shape index (κ1) is 20.1. The van der Waals surface area contributed by atoms with Gasteiger partial charge in [-0.2, -0.15) is 8.42 Å². The Morgan fingerprint density at radius 3 is 1.73 bits per heavy atom. The molecule has 0 aromatic heterocycles. The topological polar surface area (TPSA) is 54.4 Å². The molecule has 0 fully saturated rings. The van der Waals surface area contributed by atoms with E-state index >= 15 is 0 Å². The standard InChI is InChI=1S/C10H8O3S.2C4H8/c11-14(12,13)10-7-3-5-8-4-1-2-6-9(8)10;2*1-4(2)3/h1-7H,(H,11,12,13);2*1H2,2-3H3. The quantitative estimate of drug-likeness (QED) is 0.576.